The molecule has 0 fully saturated rings. The van der Waals surface area contributed by atoms with Gasteiger partial charge in [-0.1, -0.05) is 60.1 Å². The van der Waals surface area contributed by atoms with E-state index in [1.807, 2.05) is 42.5 Å². The fourth-order valence-corrected chi connectivity index (χ4v) is 2.50. The van der Waals surface area contributed by atoms with Crippen LogP contribution in [-0.4, -0.2) is 13.2 Å². The highest BCUT2D eigenvalue weighted by molar-refractivity contribution is 9.10. The minimum absolute atomic E-state index is 0.437. The predicted octanol–water partition coefficient (Wildman–Crippen LogP) is 4.53. The fraction of sp³-hybridized carbons (Fsp3) is 0.333. The maximum Gasteiger partial charge on any atom is 0.162 e. The molecule has 0 saturated carbocycles. The molecule has 0 aliphatic rings. The minimum Gasteiger partial charge on any atom is -0.493 e. The van der Waals surface area contributed by atoms with Crippen LogP contribution in [0.3, 0.4) is 0 Å². The zero-order valence-corrected chi connectivity index (χ0v) is 14.8. The van der Waals surface area contributed by atoms with Crippen molar-refractivity contribution in [3.05, 3.63) is 58.1 Å². The number of methoxy groups -OCH3 is 1. The van der Waals surface area contributed by atoms with E-state index in [0.717, 1.165) is 33.6 Å². The van der Waals surface area contributed by atoms with Crippen LogP contribution >= 0.6 is 15.9 Å². The van der Waals surface area contributed by atoms with Gasteiger partial charge < -0.3 is 14.8 Å². The summed E-state index contributed by atoms with van der Waals surface area (Å²) in [5.41, 5.74) is 2.28. The molecule has 1 N–H and O–H groups in total. The van der Waals surface area contributed by atoms with Gasteiger partial charge in [-0.2, -0.15) is 0 Å². The van der Waals surface area contributed by atoms with E-state index < -0.39 is 0 Å². The van der Waals surface area contributed by atoms with E-state index in [0.29, 0.717) is 12.6 Å². The summed E-state index contributed by atoms with van der Waals surface area (Å²) in [4.78, 5) is 0. The topological polar surface area (TPSA) is 30.5 Å². The van der Waals surface area contributed by atoms with Crippen LogP contribution in [0.2, 0.25) is 0 Å². The first-order valence-corrected chi connectivity index (χ1v) is 8.16. The third-order valence-electron chi connectivity index (χ3n) is 3.27. The van der Waals surface area contributed by atoms with Gasteiger partial charge in [0, 0.05) is 17.1 Å². The number of nitrogens with one attached hydrogen (secondary N) is 1. The van der Waals surface area contributed by atoms with E-state index in [1.165, 1.54) is 0 Å². The Balaban J connectivity index is 2.12. The molecule has 0 amide bonds. The van der Waals surface area contributed by atoms with Crippen LogP contribution in [0.1, 0.15) is 25.0 Å². The Hall–Kier alpha value is -1.52. The standard InChI is InChI=1S/C18H22BrNO2/c1-13(2)20-11-15-9-17(21-3)18(10-16(15)19)22-12-14-7-5-4-6-8-14/h4-10,13,20H,11-12H2,1-3H3. The van der Waals surface area contributed by atoms with E-state index in [-0.39, 0.29) is 0 Å². The molecule has 2 rings (SSSR count). The highest BCUT2D eigenvalue weighted by Gasteiger charge is 2.11. The number of benzene rings is 2. The van der Waals surface area contributed by atoms with Gasteiger partial charge in [-0.3, -0.25) is 0 Å². The largest absolute Gasteiger partial charge is 0.493 e. The van der Waals surface area contributed by atoms with Gasteiger partial charge >= 0.3 is 0 Å². The predicted molar refractivity (Wildman–Crippen MR) is 93.4 cm³/mol. The Morgan fingerprint density at radius 3 is 2.45 bits per heavy atom. The van der Waals surface area contributed by atoms with E-state index in [9.17, 15) is 0 Å². The summed E-state index contributed by atoms with van der Waals surface area (Å²) < 4.78 is 12.4. The second-order valence-corrected chi connectivity index (χ2v) is 6.26. The molecule has 0 heterocycles. The first-order valence-electron chi connectivity index (χ1n) is 7.36. The van der Waals surface area contributed by atoms with Gasteiger partial charge in [0.15, 0.2) is 11.5 Å². The van der Waals surface area contributed by atoms with Crippen LogP contribution in [-0.2, 0) is 13.2 Å². The molecule has 2 aromatic rings. The minimum atomic E-state index is 0.437. The third kappa shape index (κ3) is 4.75. The van der Waals surface area contributed by atoms with E-state index in [1.54, 1.807) is 7.11 Å². The summed E-state index contributed by atoms with van der Waals surface area (Å²) in [5, 5.41) is 3.40. The van der Waals surface area contributed by atoms with E-state index in [2.05, 4.69) is 35.1 Å². The molecule has 0 unspecified atom stereocenters. The van der Waals surface area contributed by atoms with Crippen molar-refractivity contribution < 1.29 is 9.47 Å². The van der Waals surface area contributed by atoms with Crippen molar-refractivity contribution in [2.75, 3.05) is 7.11 Å². The van der Waals surface area contributed by atoms with Crippen molar-refractivity contribution in [2.45, 2.75) is 33.0 Å². The monoisotopic (exact) mass is 363 g/mol. The lowest BCUT2D eigenvalue weighted by Crippen LogP contribution is -2.22. The molecule has 0 radical (unpaired) electrons. The van der Waals surface area contributed by atoms with Crippen LogP contribution in [0.15, 0.2) is 46.9 Å². The maximum atomic E-state index is 5.90. The molecule has 22 heavy (non-hydrogen) atoms. The number of ether oxygens (including phenoxy) is 2. The lowest BCUT2D eigenvalue weighted by atomic mass is 10.2. The second kappa shape index (κ2) is 8.20. The average molecular weight is 364 g/mol. The summed E-state index contributed by atoms with van der Waals surface area (Å²) in [6, 6.07) is 14.5. The molecule has 0 aromatic heterocycles. The van der Waals surface area contributed by atoms with Crippen molar-refractivity contribution in [3.8, 4) is 11.5 Å². The summed E-state index contributed by atoms with van der Waals surface area (Å²) >= 11 is 3.61. The molecule has 2 aromatic carbocycles. The van der Waals surface area contributed by atoms with Crippen LogP contribution in [0.25, 0.3) is 0 Å². The SMILES string of the molecule is COc1cc(CNC(C)C)c(Br)cc1OCc1ccccc1. The van der Waals surface area contributed by atoms with Crippen molar-refractivity contribution in [1.29, 1.82) is 0 Å². The zero-order chi connectivity index (χ0) is 15.9. The molecule has 4 heteroatoms. The van der Waals surface area contributed by atoms with Gasteiger partial charge in [-0.15, -0.1) is 0 Å². The summed E-state index contributed by atoms with van der Waals surface area (Å²) in [6.07, 6.45) is 0. The number of rotatable bonds is 7. The first kappa shape index (κ1) is 16.8. The molecule has 3 nitrogen and oxygen atoms in total. The van der Waals surface area contributed by atoms with Gasteiger partial charge in [-0.25, -0.2) is 0 Å². The molecular formula is C18H22BrNO2. The summed E-state index contributed by atoms with van der Waals surface area (Å²) in [7, 11) is 1.66. The van der Waals surface area contributed by atoms with Gasteiger partial charge in [0.1, 0.15) is 6.61 Å². The highest BCUT2D eigenvalue weighted by atomic mass is 79.9. The number of hydrogen-bond acceptors (Lipinski definition) is 3. The second-order valence-electron chi connectivity index (χ2n) is 5.40. The lowest BCUT2D eigenvalue weighted by molar-refractivity contribution is 0.284. The molecule has 0 aliphatic carbocycles. The molecule has 0 aliphatic heterocycles. The normalized spacial score (nSPS) is 10.8. The summed E-state index contributed by atoms with van der Waals surface area (Å²) in [6.45, 7) is 5.56. The van der Waals surface area contributed by atoms with Gasteiger partial charge in [0.25, 0.3) is 0 Å². The van der Waals surface area contributed by atoms with Crippen molar-refractivity contribution in [3.63, 3.8) is 0 Å². The van der Waals surface area contributed by atoms with Crippen molar-refractivity contribution in [2.24, 2.45) is 0 Å². The van der Waals surface area contributed by atoms with Crippen LogP contribution in [0, 0.1) is 0 Å². The fourth-order valence-electron chi connectivity index (χ4n) is 2.03. The highest BCUT2D eigenvalue weighted by Crippen LogP contribution is 2.34. The quantitative estimate of drug-likeness (QED) is 0.783. The molecule has 0 saturated heterocycles. The zero-order valence-electron chi connectivity index (χ0n) is 13.2. The van der Waals surface area contributed by atoms with Crippen molar-refractivity contribution >= 4 is 15.9 Å². The van der Waals surface area contributed by atoms with E-state index >= 15 is 0 Å². The Bertz CT molecular complexity index is 600. The Kier molecular flexibility index (Phi) is 6.28. The van der Waals surface area contributed by atoms with Gasteiger partial charge in [-0.05, 0) is 23.3 Å². The molecule has 0 spiro atoms. The first-order chi connectivity index (χ1) is 10.6. The maximum absolute atomic E-state index is 5.90. The molecular weight excluding hydrogens is 342 g/mol. The molecule has 118 valence electrons. The van der Waals surface area contributed by atoms with Crippen molar-refractivity contribution in [1.82, 2.24) is 5.32 Å². The van der Waals surface area contributed by atoms with Crippen LogP contribution < -0.4 is 14.8 Å². The van der Waals surface area contributed by atoms with Crippen LogP contribution in [0.4, 0.5) is 0 Å². The van der Waals surface area contributed by atoms with E-state index in [4.69, 9.17) is 9.47 Å². The summed E-state index contributed by atoms with van der Waals surface area (Å²) in [5.74, 6) is 1.49. The molecule has 0 bridgehead atoms. The number of hydrogen-bond donors (Lipinski definition) is 1. The Morgan fingerprint density at radius 2 is 1.82 bits per heavy atom. The third-order valence-corrected chi connectivity index (χ3v) is 4.01. The smallest absolute Gasteiger partial charge is 0.162 e. The van der Waals surface area contributed by atoms with Gasteiger partial charge in [0.05, 0.1) is 7.11 Å². The number of halogens is 1. The average Bonchev–Trinajstić information content (AvgIpc) is 2.52. The lowest BCUT2D eigenvalue weighted by Gasteiger charge is -2.15. The Morgan fingerprint density at radius 1 is 1.09 bits per heavy atom. The van der Waals surface area contributed by atoms with Crippen LogP contribution in [0.5, 0.6) is 11.5 Å². The molecule has 0 atom stereocenters. The Labute approximate surface area is 140 Å². The van der Waals surface area contributed by atoms with Gasteiger partial charge in [0.2, 0.25) is 0 Å².